The van der Waals surface area contributed by atoms with Crippen molar-refractivity contribution >= 4 is 28.5 Å². The van der Waals surface area contributed by atoms with Gasteiger partial charge >= 0.3 is 0 Å². The molecule has 0 radical (unpaired) electrons. The number of carbonyl (C=O) groups is 1. The molecule has 0 fully saturated rings. The number of halogens is 1. The highest BCUT2D eigenvalue weighted by atomic mass is 127. The minimum atomic E-state index is -0.0816. The van der Waals surface area contributed by atoms with Crippen molar-refractivity contribution in [2.45, 2.75) is 20.4 Å². The molecule has 0 atom stereocenters. The lowest BCUT2D eigenvalue weighted by Crippen LogP contribution is -2.23. The molecule has 1 N–H and O–H groups in total. The van der Waals surface area contributed by atoms with Crippen LogP contribution in [0.25, 0.3) is 0 Å². The molecule has 122 valence electrons. The fraction of sp³-hybridized carbons (Fsp3) is 0.278. The van der Waals surface area contributed by atoms with Crippen molar-refractivity contribution in [2.75, 3.05) is 13.2 Å². The lowest BCUT2D eigenvalue weighted by atomic mass is 10.1. The number of amides is 1. The van der Waals surface area contributed by atoms with Crippen molar-refractivity contribution in [3.8, 4) is 11.5 Å². The molecule has 0 bridgehead atoms. The van der Waals surface area contributed by atoms with Crippen LogP contribution in [-0.2, 0) is 6.54 Å². The van der Waals surface area contributed by atoms with Crippen molar-refractivity contribution in [1.29, 1.82) is 0 Å². The Bertz CT molecular complexity index is 673. The minimum absolute atomic E-state index is 0.0816. The van der Waals surface area contributed by atoms with Crippen molar-refractivity contribution in [3.63, 3.8) is 0 Å². The van der Waals surface area contributed by atoms with Crippen LogP contribution in [0.2, 0.25) is 0 Å². The fourth-order valence-corrected chi connectivity index (χ4v) is 2.76. The Kier molecular flexibility index (Phi) is 6.70. The summed E-state index contributed by atoms with van der Waals surface area (Å²) in [5, 5.41) is 2.94. The van der Waals surface area contributed by atoms with Crippen molar-refractivity contribution in [2.24, 2.45) is 0 Å². The minimum Gasteiger partial charge on any atom is -0.490 e. The molecule has 0 saturated heterocycles. The van der Waals surface area contributed by atoms with E-state index in [0.29, 0.717) is 31.1 Å². The molecule has 2 aromatic carbocycles. The summed E-state index contributed by atoms with van der Waals surface area (Å²) in [4.78, 5) is 12.2. The molecule has 23 heavy (non-hydrogen) atoms. The van der Waals surface area contributed by atoms with E-state index >= 15 is 0 Å². The van der Waals surface area contributed by atoms with Gasteiger partial charge in [-0.15, -0.1) is 0 Å². The zero-order chi connectivity index (χ0) is 16.7. The predicted molar refractivity (Wildman–Crippen MR) is 99.1 cm³/mol. The first-order valence-electron chi connectivity index (χ1n) is 7.57. The summed E-state index contributed by atoms with van der Waals surface area (Å²) in [5.74, 6) is 1.35. The van der Waals surface area contributed by atoms with E-state index in [4.69, 9.17) is 9.47 Å². The first kappa shape index (κ1) is 17.6. The van der Waals surface area contributed by atoms with Gasteiger partial charge in [0, 0.05) is 10.1 Å². The number of nitrogens with one attached hydrogen (secondary N) is 1. The number of rotatable bonds is 7. The maximum absolute atomic E-state index is 12.2. The van der Waals surface area contributed by atoms with Crippen molar-refractivity contribution in [3.05, 3.63) is 57.2 Å². The molecule has 0 aliphatic carbocycles. The summed E-state index contributed by atoms with van der Waals surface area (Å²) in [6.45, 7) is 5.46. The molecule has 0 saturated carbocycles. The molecule has 0 unspecified atom stereocenters. The monoisotopic (exact) mass is 425 g/mol. The van der Waals surface area contributed by atoms with Crippen LogP contribution in [0.5, 0.6) is 11.5 Å². The van der Waals surface area contributed by atoms with E-state index in [9.17, 15) is 4.79 Å². The summed E-state index contributed by atoms with van der Waals surface area (Å²) in [6, 6.07) is 13.2. The van der Waals surface area contributed by atoms with Gasteiger partial charge in [-0.25, -0.2) is 0 Å². The van der Waals surface area contributed by atoms with E-state index in [0.717, 1.165) is 14.9 Å². The first-order valence-corrected chi connectivity index (χ1v) is 8.64. The fourth-order valence-electron chi connectivity index (χ4n) is 2.13. The topological polar surface area (TPSA) is 47.6 Å². The quantitative estimate of drug-likeness (QED) is 0.682. The van der Waals surface area contributed by atoms with Crippen LogP contribution >= 0.6 is 22.6 Å². The van der Waals surface area contributed by atoms with Crippen LogP contribution in [0, 0.1) is 3.57 Å². The highest BCUT2D eigenvalue weighted by molar-refractivity contribution is 14.1. The summed E-state index contributed by atoms with van der Waals surface area (Å²) < 4.78 is 12.1. The number of hydrogen-bond donors (Lipinski definition) is 1. The predicted octanol–water partition coefficient (Wildman–Crippen LogP) is 4.02. The lowest BCUT2D eigenvalue weighted by molar-refractivity contribution is 0.0950. The third-order valence-corrected chi connectivity index (χ3v) is 4.12. The number of carbonyl (C=O) groups excluding carboxylic acids is 1. The average Bonchev–Trinajstić information content (AvgIpc) is 2.55. The van der Waals surface area contributed by atoms with E-state index in [-0.39, 0.29) is 5.91 Å². The SMILES string of the molecule is CCOc1ccc(CNC(=O)c2ccccc2I)cc1OCC. The van der Waals surface area contributed by atoms with Crippen molar-refractivity contribution < 1.29 is 14.3 Å². The molecule has 2 rings (SSSR count). The highest BCUT2D eigenvalue weighted by Gasteiger charge is 2.10. The van der Waals surface area contributed by atoms with Crippen LogP contribution in [0.4, 0.5) is 0 Å². The molecule has 0 aliphatic rings. The van der Waals surface area contributed by atoms with Gasteiger partial charge in [0.05, 0.1) is 18.8 Å². The Morgan fingerprint density at radius 2 is 1.74 bits per heavy atom. The second-order valence-corrected chi connectivity index (χ2v) is 5.97. The highest BCUT2D eigenvalue weighted by Crippen LogP contribution is 2.28. The van der Waals surface area contributed by atoms with Gasteiger partial charge in [0.25, 0.3) is 5.91 Å². The van der Waals surface area contributed by atoms with E-state index in [1.54, 1.807) is 0 Å². The Morgan fingerprint density at radius 3 is 2.43 bits per heavy atom. The van der Waals surface area contributed by atoms with Gasteiger partial charge in [0.1, 0.15) is 0 Å². The Hall–Kier alpha value is -1.76. The van der Waals surface area contributed by atoms with Crippen LogP contribution < -0.4 is 14.8 Å². The maximum atomic E-state index is 12.2. The third-order valence-electron chi connectivity index (χ3n) is 3.18. The van der Waals surface area contributed by atoms with Gasteiger partial charge in [0.15, 0.2) is 11.5 Å². The Labute approximate surface area is 150 Å². The van der Waals surface area contributed by atoms with E-state index in [1.807, 2.05) is 56.3 Å². The molecular formula is C18H20INO3. The van der Waals surface area contributed by atoms with Gasteiger partial charge in [0.2, 0.25) is 0 Å². The molecule has 5 heteroatoms. The Balaban J connectivity index is 2.07. The summed E-state index contributed by atoms with van der Waals surface area (Å²) in [6.07, 6.45) is 0. The standard InChI is InChI=1S/C18H20INO3/c1-3-22-16-10-9-13(11-17(16)23-4-2)12-20-18(21)14-7-5-6-8-15(14)19/h5-11H,3-4,12H2,1-2H3,(H,20,21). The first-order chi connectivity index (χ1) is 11.2. The summed E-state index contributed by atoms with van der Waals surface area (Å²) in [5.41, 5.74) is 1.65. The van der Waals surface area contributed by atoms with Crippen LogP contribution in [0.1, 0.15) is 29.8 Å². The van der Waals surface area contributed by atoms with E-state index in [1.165, 1.54) is 0 Å². The molecule has 1 amide bonds. The normalized spacial score (nSPS) is 10.2. The summed E-state index contributed by atoms with van der Waals surface area (Å²) >= 11 is 2.16. The lowest BCUT2D eigenvalue weighted by Gasteiger charge is -2.13. The molecule has 0 aromatic heterocycles. The van der Waals surface area contributed by atoms with Gasteiger partial charge < -0.3 is 14.8 Å². The van der Waals surface area contributed by atoms with E-state index < -0.39 is 0 Å². The van der Waals surface area contributed by atoms with Gasteiger partial charge in [-0.3, -0.25) is 4.79 Å². The third kappa shape index (κ3) is 4.86. The van der Waals surface area contributed by atoms with Gasteiger partial charge in [-0.05, 0) is 66.3 Å². The molecular weight excluding hydrogens is 405 g/mol. The zero-order valence-corrected chi connectivity index (χ0v) is 15.4. The smallest absolute Gasteiger partial charge is 0.252 e. The van der Waals surface area contributed by atoms with Gasteiger partial charge in [-0.2, -0.15) is 0 Å². The summed E-state index contributed by atoms with van der Waals surface area (Å²) in [7, 11) is 0. The van der Waals surface area contributed by atoms with Gasteiger partial charge in [-0.1, -0.05) is 18.2 Å². The second kappa shape index (κ2) is 8.76. The largest absolute Gasteiger partial charge is 0.490 e. The van der Waals surface area contributed by atoms with Crippen LogP contribution in [-0.4, -0.2) is 19.1 Å². The van der Waals surface area contributed by atoms with Crippen molar-refractivity contribution in [1.82, 2.24) is 5.32 Å². The average molecular weight is 425 g/mol. The number of benzene rings is 2. The van der Waals surface area contributed by atoms with E-state index in [2.05, 4.69) is 27.9 Å². The second-order valence-electron chi connectivity index (χ2n) is 4.81. The molecule has 0 spiro atoms. The molecule has 4 nitrogen and oxygen atoms in total. The molecule has 2 aromatic rings. The molecule has 0 heterocycles. The number of ether oxygens (including phenoxy) is 2. The zero-order valence-electron chi connectivity index (χ0n) is 13.3. The maximum Gasteiger partial charge on any atom is 0.252 e. The number of hydrogen-bond acceptors (Lipinski definition) is 3. The van der Waals surface area contributed by atoms with Crippen LogP contribution in [0.15, 0.2) is 42.5 Å². The van der Waals surface area contributed by atoms with Crippen LogP contribution in [0.3, 0.4) is 0 Å². The molecule has 0 aliphatic heterocycles. The Morgan fingerprint density at radius 1 is 1.04 bits per heavy atom.